The standard InChI is InChI=1S/C23H21Cl2N3O3/c1-2-11-26-23(31)18-9-8-17(24)12-20(18)27-22(30)16-7-10-21(29)28(14-16)13-15-5-3-4-6-19(15)25/h3-10,12,14H,2,11,13H2,1H3,(H,26,31)(H,27,30). The molecule has 0 saturated heterocycles. The van der Waals surface area contributed by atoms with E-state index in [1.807, 2.05) is 19.1 Å². The first-order valence-corrected chi connectivity index (χ1v) is 10.5. The molecule has 31 heavy (non-hydrogen) atoms. The van der Waals surface area contributed by atoms with Crippen LogP contribution in [-0.4, -0.2) is 22.9 Å². The van der Waals surface area contributed by atoms with Crippen LogP contribution in [0.15, 0.2) is 65.6 Å². The highest BCUT2D eigenvalue weighted by molar-refractivity contribution is 6.31. The summed E-state index contributed by atoms with van der Waals surface area (Å²) in [6.07, 6.45) is 2.25. The molecule has 0 aliphatic rings. The van der Waals surface area contributed by atoms with Crippen molar-refractivity contribution in [2.24, 2.45) is 0 Å². The number of nitrogens with zero attached hydrogens (tertiary/aromatic N) is 1. The third-order valence-electron chi connectivity index (χ3n) is 4.55. The van der Waals surface area contributed by atoms with Crippen LogP contribution >= 0.6 is 23.2 Å². The number of amides is 2. The van der Waals surface area contributed by atoms with Gasteiger partial charge in [-0.3, -0.25) is 14.4 Å². The van der Waals surface area contributed by atoms with E-state index in [9.17, 15) is 14.4 Å². The maximum absolute atomic E-state index is 12.9. The Kier molecular flexibility index (Phi) is 7.50. The van der Waals surface area contributed by atoms with Gasteiger partial charge in [0.2, 0.25) is 0 Å². The third-order valence-corrected chi connectivity index (χ3v) is 5.16. The molecule has 1 aromatic heterocycles. The lowest BCUT2D eigenvalue weighted by molar-refractivity contribution is 0.0954. The zero-order valence-corrected chi connectivity index (χ0v) is 18.3. The van der Waals surface area contributed by atoms with Gasteiger partial charge >= 0.3 is 0 Å². The molecule has 0 aliphatic carbocycles. The fourth-order valence-electron chi connectivity index (χ4n) is 2.95. The second-order valence-electron chi connectivity index (χ2n) is 6.88. The first-order chi connectivity index (χ1) is 14.9. The third kappa shape index (κ3) is 5.75. The Morgan fingerprint density at radius 3 is 2.52 bits per heavy atom. The minimum Gasteiger partial charge on any atom is -0.352 e. The van der Waals surface area contributed by atoms with Crippen LogP contribution in [0.4, 0.5) is 5.69 Å². The SMILES string of the molecule is CCCNC(=O)c1ccc(Cl)cc1NC(=O)c1ccc(=O)n(Cc2ccccc2Cl)c1. The van der Waals surface area contributed by atoms with Gasteiger partial charge in [0.25, 0.3) is 17.4 Å². The minimum absolute atomic E-state index is 0.224. The van der Waals surface area contributed by atoms with Gasteiger partial charge in [-0.2, -0.15) is 0 Å². The van der Waals surface area contributed by atoms with Crippen molar-refractivity contribution in [3.05, 3.63) is 97.9 Å². The molecule has 3 rings (SSSR count). The van der Waals surface area contributed by atoms with Gasteiger partial charge in [-0.1, -0.05) is 48.3 Å². The topological polar surface area (TPSA) is 80.2 Å². The van der Waals surface area contributed by atoms with Crippen molar-refractivity contribution in [2.75, 3.05) is 11.9 Å². The summed E-state index contributed by atoms with van der Waals surface area (Å²) in [6.45, 7) is 2.69. The maximum Gasteiger partial charge on any atom is 0.257 e. The van der Waals surface area contributed by atoms with E-state index < -0.39 is 5.91 Å². The first-order valence-electron chi connectivity index (χ1n) is 9.72. The lowest BCUT2D eigenvalue weighted by Crippen LogP contribution is -2.26. The Hall–Kier alpha value is -3.09. The van der Waals surface area contributed by atoms with E-state index >= 15 is 0 Å². The lowest BCUT2D eigenvalue weighted by atomic mass is 10.1. The van der Waals surface area contributed by atoms with Crippen LogP contribution in [0.2, 0.25) is 10.0 Å². The zero-order chi connectivity index (χ0) is 22.4. The van der Waals surface area contributed by atoms with E-state index in [2.05, 4.69) is 10.6 Å². The van der Waals surface area contributed by atoms with Crippen molar-refractivity contribution in [3.8, 4) is 0 Å². The largest absolute Gasteiger partial charge is 0.352 e. The van der Waals surface area contributed by atoms with Crippen molar-refractivity contribution in [2.45, 2.75) is 19.9 Å². The number of pyridine rings is 1. The molecule has 6 nitrogen and oxygen atoms in total. The van der Waals surface area contributed by atoms with Crippen LogP contribution in [0.1, 0.15) is 39.6 Å². The Labute approximate surface area is 189 Å². The highest BCUT2D eigenvalue weighted by Gasteiger charge is 2.16. The second kappa shape index (κ2) is 10.3. The van der Waals surface area contributed by atoms with Crippen molar-refractivity contribution in [3.63, 3.8) is 0 Å². The van der Waals surface area contributed by atoms with E-state index in [0.29, 0.717) is 22.2 Å². The molecular weight excluding hydrogens is 437 g/mol. The molecule has 0 unspecified atom stereocenters. The molecule has 0 saturated carbocycles. The molecule has 2 amide bonds. The fraction of sp³-hybridized carbons (Fsp3) is 0.174. The van der Waals surface area contributed by atoms with E-state index in [1.54, 1.807) is 24.3 Å². The van der Waals surface area contributed by atoms with Crippen LogP contribution in [-0.2, 0) is 6.54 Å². The average molecular weight is 458 g/mol. The number of aromatic nitrogens is 1. The number of carbonyl (C=O) groups excluding carboxylic acids is 2. The van der Waals surface area contributed by atoms with Gasteiger partial charge in [0.15, 0.2) is 0 Å². The molecule has 2 aromatic carbocycles. The van der Waals surface area contributed by atoms with Gasteiger partial charge in [-0.25, -0.2) is 0 Å². The predicted octanol–water partition coefficient (Wildman–Crippen LogP) is 4.60. The van der Waals surface area contributed by atoms with Gasteiger partial charge in [-0.15, -0.1) is 0 Å². The highest BCUT2D eigenvalue weighted by Crippen LogP contribution is 2.22. The second-order valence-corrected chi connectivity index (χ2v) is 7.72. The van der Waals surface area contributed by atoms with Crippen LogP contribution in [0.5, 0.6) is 0 Å². The van der Waals surface area contributed by atoms with E-state index in [0.717, 1.165) is 12.0 Å². The Bertz CT molecular complexity index is 1170. The van der Waals surface area contributed by atoms with Crippen LogP contribution in [0, 0.1) is 0 Å². The zero-order valence-electron chi connectivity index (χ0n) is 16.8. The van der Waals surface area contributed by atoms with Crippen molar-refractivity contribution in [1.29, 1.82) is 0 Å². The molecule has 0 aliphatic heterocycles. The normalized spacial score (nSPS) is 10.5. The smallest absolute Gasteiger partial charge is 0.257 e. The summed E-state index contributed by atoms with van der Waals surface area (Å²) >= 11 is 12.3. The maximum atomic E-state index is 12.9. The number of rotatable bonds is 7. The number of carbonyl (C=O) groups is 2. The summed E-state index contributed by atoms with van der Waals surface area (Å²) < 4.78 is 1.41. The molecule has 0 atom stereocenters. The molecule has 3 aromatic rings. The summed E-state index contributed by atoms with van der Waals surface area (Å²) in [7, 11) is 0. The highest BCUT2D eigenvalue weighted by atomic mass is 35.5. The van der Waals surface area contributed by atoms with Crippen molar-refractivity contribution in [1.82, 2.24) is 9.88 Å². The van der Waals surface area contributed by atoms with Gasteiger partial charge in [0.1, 0.15) is 0 Å². The monoisotopic (exact) mass is 457 g/mol. The van der Waals surface area contributed by atoms with E-state index in [-0.39, 0.29) is 29.3 Å². The number of nitrogens with one attached hydrogen (secondary N) is 2. The average Bonchev–Trinajstić information content (AvgIpc) is 2.75. The van der Waals surface area contributed by atoms with Crippen molar-refractivity contribution >= 4 is 40.7 Å². The number of halogens is 2. The van der Waals surface area contributed by atoms with Gasteiger partial charge in [-0.05, 0) is 42.3 Å². The van der Waals surface area contributed by atoms with Gasteiger partial charge in [0, 0.05) is 28.9 Å². The summed E-state index contributed by atoms with van der Waals surface area (Å²) in [5.74, 6) is -0.780. The lowest BCUT2D eigenvalue weighted by Gasteiger charge is -2.13. The van der Waals surface area contributed by atoms with Crippen LogP contribution in [0.3, 0.4) is 0 Å². The molecule has 0 bridgehead atoms. The number of anilines is 1. The molecule has 0 spiro atoms. The fourth-order valence-corrected chi connectivity index (χ4v) is 3.31. The molecular formula is C23H21Cl2N3O3. The van der Waals surface area contributed by atoms with Gasteiger partial charge in [0.05, 0.1) is 23.4 Å². The molecule has 0 radical (unpaired) electrons. The Morgan fingerprint density at radius 2 is 1.77 bits per heavy atom. The predicted molar refractivity (Wildman–Crippen MR) is 123 cm³/mol. The Morgan fingerprint density at radius 1 is 1.00 bits per heavy atom. The first kappa shape index (κ1) is 22.6. The number of hydrogen-bond acceptors (Lipinski definition) is 3. The summed E-state index contributed by atoms with van der Waals surface area (Å²) in [5.41, 5.74) is 1.34. The van der Waals surface area contributed by atoms with E-state index in [1.165, 1.54) is 29.0 Å². The summed E-state index contributed by atoms with van der Waals surface area (Å²) in [6, 6.07) is 14.6. The van der Waals surface area contributed by atoms with Crippen LogP contribution in [0.25, 0.3) is 0 Å². The molecule has 1 heterocycles. The minimum atomic E-state index is -0.472. The quantitative estimate of drug-likeness (QED) is 0.543. The number of hydrogen-bond donors (Lipinski definition) is 2. The summed E-state index contributed by atoms with van der Waals surface area (Å²) in [5, 5.41) is 6.41. The van der Waals surface area contributed by atoms with Crippen molar-refractivity contribution < 1.29 is 9.59 Å². The molecule has 8 heteroatoms. The Balaban J connectivity index is 1.86. The van der Waals surface area contributed by atoms with Crippen LogP contribution < -0.4 is 16.2 Å². The molecule has 160 valence electrons. The molecule has 0 fully saturated rings. The van der Waals surface area contributed by atoms with Gasteiger partial charge < -0.3 is 15.2 Å². The van der Waals surface area contributed by atoms with E-state index in [4.69, 9.17) is 23.2 Å². The summed E-state index contributed by atoms with van der Waals surface area (Å²) in [4.78, 5) is 37.6. The number of benzene rings is 2. The molecule has 2 N–H and O–H groups in total.